The zero-order valence-corrected chi connectivity index (χ0v) is 14.0. The fourth-order valence-corrected chi connectivity index (χ4v) is 2.79. The van der Waals surface area contributed by atoms with Gasteiger partial charge in [-0.15, -0.1) is 0 Å². The first-order chi connectivity index (χ1) is 10.3. The van der Waals surface area contributed by atoms with E-state index in [-0.39, 0.29) is 5.97 Å². The molecule has 122 valence electrons. The number of carbonyl (C=O) groups excluding carboxylic acids is 1. The maximum absolute atomic E-state index is 12.6. The van der Waals surface area contributed by atoms with Gasteiger partial charge < -0.3 is 14.8 Å². The summed E-state index contributed by atoms with van der Waals surface area (Å²) in [6.07, 6.45) is 2.06. The van der Waals surface area contributed by atoms with Crippen LogP contribution >= 0.6 is 0 Å². The molecule has 0 saturated carbocycles. The highest BCUT2D eigenvalue weighted by molar-refractivity contribution is 5.79. The number of nitrogens with one attached hydrogen (secondary N) is 1. The van der Waals surface area contributed by atoms with Crippen LogP contribution < -0.4 is 10.1 Å². The van der Waals surface area contributed by atoms with Crippen LogP contribution in [0.25, 0.3) is 0 Å². The molecule has 1 aromatic rings. The lowest BCUT2D eigenvalue weighted by molar-refractivity contribution is -0.178. The molecule has 1 saturated heterocycles. The van der Waals surface area contributed by atoms with Crippen LogP contribution in [0.2, 0.25) is 0 Å². The molecule has 0 radical (unpaired) electrons. The van der Waals surface area contributed by atoms with Gasteiger partial charge in [0.25, 0.3) is 0 Å². The van der Waals surface area contributed by atoms with Crippen molar-refractivity contribution in [3.8, 4) is 5.75 Å². The van der Waals surface area contributed by atoms with Crippen molar-refractivity contribution in [2.75, 3.05) is 13.1 Å². The minimum Gasteiger partial charge on any atom is -0.476 e. The van der Waals surface area contributed by atoms with Crippen molar-refractivity contribution in [2.24, 2.45) is 5.92 Å². The average Bonchev–Trinajstić information content (AvgIpc) is 2.48. The zero-order chi connectivity index (χ0) is 16.2. The van der Waals surface area contributed by atoms with E-state index < -0.39 is 11.2 Å². The molecule has 1 heterocycles. The highest BCUT2D eigenvalue weighted by atomic mass is 16.6. The number of rotatable bonds is 5. The van der Waals surface area contributed by atoms with Gasteiger partial charge in [0, 0.05) is 5.92 Å². The first-order valence-corrected chi connectivity index (χ1v) is 7.99. The number of carbonyl (C=O) groups is 1. The Bertz CT molecular complexity index is 490. The predicted molar refractivity (Wildman–Crippen MR) is 86.9 cm³/mol. The molecule has 0 spiro atoms. The zero-order valence-electron chi connectivity index (χ0n) is 14.0. The Morgan fingerprint density at radius 2 is 1.68 bits per heavy atom. The highest BCUT2D eigenvalue weighted by Gasteiger charge is 2.40. The smallest absolute Gasteiger partial charge is 0.350 e. The van der Waals surface area contributed by atoms with E-state index in [1.165, 1.54) is 0 Å². The third-order valence-electron chi connectivity index (χ3n) is 4.29. The van der Waals surface area contributed by atoms with E-state index in [1.54, 1.807) is 13.8 Å². The second kappa shape index (κ2) is 6.69. The summed E-state index contributed by atoms with van der Waals surface area (Å²) < 4.78 is 11.6. The second-order valence-electron chi connectivity index (χ2n) is 6.94. The van der Waals surface area contributed by atoms with E-state index in [0.29, 0.717) is 11.7 Å². The van der Waals surface area contributed by atoms with Gasteiger partial charge in [-0.25, -0.2) is 4.79 Å². The van der Waals surface area contributed by atoms with Crippen LogP contribution in [0.3, 0.4) is 0 Å². The van der Waals surface area contributed by atoms with Crippen LogP contribution in [0.1, 0.15) is 40.5 Å². The summed E-state index contributed by atoms with van der Waals surface area (Å²) in [5.41, 5.74) is -1.48. The number of hydrogen-bond donors (Lipinski definition) is 1. The molecule has 0 aliphatic carbocycles. The summed E-state index contributed by atoms with van der Waals surface area (Å²) in [5, 5.41) is 3.34. The lowest BCUT2D eigenvalue weighted by Gasteiger charge is -2.38. The molecule has 0 atom stereocenters. The van der Waals surface area contributed by atoms with E-state index in [1.807, 2.05) is 44.2 Å². The summed E-state index contributed by atoms with van der Waals surface area (Å²) >= 11 is 0. The van der Waals surface area contributed by atoms with Gasteiger partial charge in [0.15, 0.2) is 5.60 Å². The fourth-order valence-electron chi connectivity index (χ4n) is 2.79. The molecule has 22 heavy (non-hydrogen) atoms. The fraction of sp³-hybridized carbons (Fsp3) is 0.611. The molecular weight excluding hydrogens is 278 g/mol. The molecule has 1 fully saturated rings. The first-order valence-electron chi connectivity index (χ1n) is 7.99. The quantitative estimate of drug-likeness (QED) is 0.849. The summed E-state index contributed by atoms with van der Waals surface area (Å²) in [6.45, 7) is 9.46. The molecule has 1 aromatic carbocycles. The maximum Gasteiger partial charge on any atom is 0.350 e. The molecule has 0 bridgehead atoms. The molecule has 4 nitrogen and oxygen atoms in total. The van der Waals surface area contributed by atoms with E-state index >= 15 is 0 Å². The monoisotopic (exact) mass is 305 g/mol. The highest BCUT2D eigenvalue weighted by Crippen LogP contribution is 2.31. The van der Waals surface area contributed by atoms with Gasteiger partial charge in [0.2, 0.25) is 0 Å². The van der Waals surface area contributed by atoms with E-state index in [9.17, 15) is 4.79 Å². The van der Waals surface area contributed by atoms with Crippen LogP contribution in [0.15, 0.2) is 30.3 Å². The Morgan fingerprint density at radius 1 is 1.09 bits per heavy atom. The molecule has 4 heteroatoms. The van der Waals surface area contributed by atoms with Crippen molar-refractivity contribution >= 4 is 5.97 Å². The van der Waals surface area contributed by atoms with Gasteiger partial charge in [-0.2, -0.15) is 0 Å². The third-order valence-corrected chi connectivity index (χ3v) is 4.29. The lowest BCUT2D eigenvalue weighted by Crippen LogP contribution is -2.48. The maximum atomic E-state index is 12.6. The van der Waals surface area contributed by atoms with E-state index in [2.05, 4.69) is 5.32 Å². The summed E-state index contributed by atoms with van der Waals surface area (Å²) in [7, 11) is 0. The normalized spacial score (nSPS) is 17.1. The van der Waals surface area contributed by atoms with Gasteiger partial charge in [0.1, 0.15) is 11.4 Å². The van der Waals surface area contributed by atoms with Crippen molar-refractivity contribution < 1.29 is 14.3 Å². The van der Waals surface area contributed by atoms with Crippen molar-refractivity contribution in [3.63, 3.8) is 0 Å². The molecule has 0 aromatic heterocycles. The Labute approximate surface area is 133 Å². The van der Waals surface area contributed by atoms with Gasteiger partial charge >= 0.3 is 5.97 Å². The van der Waals surface area contributed by atoms with E-state index in [0.717, 1.165) is 25.9 Å². The lowest BCUT2D eigenvalue weighted by atomic mass is 9.83. The average molecular weight is 305 g/mol. The Morgan fingerprint density at radius 3 is 2.27 bits per heavy atom. The van der Waals surface area contributed by atoms with Gasteiger partial charge in [0.05, 0.1) is 0 Å². The van der Waals surface area contributed by atoms with Gasteiger partial charge in [-0.05, 0) is 65.8 Å². The molecule has 0 amide bonds. The Balaban J connectivity index is 2.00. The Hall–Kier alpha value is -1.55. The van der Waals surface area contributed by atoms with Gasteiger partial charge in [-0.3, -0.25) is 0 Å². The van der Waals surface area contributed by atoms with Crippen molar-refractivity contribution in [3.05, 3.63) is 30.3 Å². The van der Waals surface area contributed by atoms with Crippen molar-refractivity contribution in [1.82, 2.24) is 5.32 Å². The van der Waals surface area contributed by atoms with Crippen molar-refractivity contribution in [1.29, 1.82) is 0 Å². The number of ether oxygens (including phenoxy) is 2. The summed E-state index contributed by atoms with van der Waals surface area (Å²) in [6, 6.07) is 9.36. The summed E-state index contributed by atoms with van der Waals surface area (Å²) in [5.74, 6) is 0.731. The minimum atomic E-state index is -1.01. The van der Waals surface area contributed by atoms with Crippen LogP contribution in [-0.4, -0.2) is 30.3 Å². The molecule has 2 rings (SSSR count). The van der Waals surface area contributed by atoms with Crippen LogP contribution in [0.5, 0.6) is 5.75 Å². The third kappa shape index (κ3) is 4.23. The number of hydrogen-bond acceptors (Lipinski definition) is 4. The van der Waals surface area contributed by atoms with Gasteiger partial charge in [-0.1, -0.05) is 18.2 Å². The SMILES string of the molecule is CC(C)(Oc1ccccc1)C(=O)OC(C)(C)C1CCNCC1. The van der Waals surface area contributed by atoms with Crippen LogP contribution in [-0.2, 0) is 9.53 Å². The number of esters is 1. The minimum absolute atomic E-state index is 0.320. The van der Waals surface area contributed by atoms with Crippen LogP contribution in [0.4, 0.5) is 0 Å². The topological polar surface area (TPSA) is 47.6 Å². The molecule has 0 unspecified atom stereocenters. The Kier molecular flexibility index (Phi) is 5.12. The molecule has 1 aliphatic heterocycles. The van der Waals surface area contributed by atoms with Crippen molar-refractivity contribution in [2.45, 2.75) is 51.7 Å². The van der Waals surface area contributed by atoms with Crippen LogP contribution in [0, 0.1) is 5.92 Å². The summed E-state index contributed by atoms with van der Waals surface area (Å²) in [4.78, 5) is 12.6. The standard InChI is InChI=1S/C18H27NO3/c1-17(2,14-10-12-19-13-11-14)22-16(20)18(3,4)21-15-8-6-5-7-9-15/h5-9,14,19H,10-13H2,1-4H3. The molecular formula is C18H27NO3. The number of benzene rings is 1. The van der Waals surface area contributed by atoms with E-state index in [4.69, 9.17) is 9.47 Å². The largest absolute Gasteiger partial charge is 0.476 e. The number of para-hydroxylation sites is 1. The molecule has 1 aliphatic rings. The second-order valence-corrected chi connectivity index (χ2v) is 6.94. The first kappa shape index (κ1) is 16.8. The number of piperidine rings is 1. The predicted octanol–water partition coefficient (Wildman–Crippen LogP) is 3.17. The molecule has 1 N–H and O–H groups in total.